The standard InChI is InChI=1S/C17H17N3O3S/c1-4-20-13-6-5-11(10(3)21)7-12(13)14(16(20)23)15(22)19-17-18-8-9(2)24-17/h5-8,14H,4H2,1-3H3,(H,18,19,22). The van der Waals surface area contributed by atoms with Crippen LogP contribution in [0.3, 0.4) is 0 Å². The number of aromatic nitrogens is 1. The van der Waals surface area contributed by atoms with Gasteiger partial charge in [0.2, 0.25) is 11.8 Å². The van der Waals surface area contributed by atoms with E-state index >= 15 is 0 Å². The van der Waals surface area contributed by atoms with Gasteiger partial charge in [0.1, 0.15) is 5.92 Å². The molecule has 124 valence electrons. The van der Waals surface area contributed by atoms with Gasteiger partial charge in [0.05, 0.1) is 0 Å². The first kappa shape index (κ1) is 16.3. The van der Waals surface area contributed by atoms with E-state index in [2.05, 4.69) is 10.3 Å². The average Bonchev–Trinajstić information content (AvgIpc) is 3.06. The van der Waals surface area contributed by atoms with E-state index in [0.717, 1.165) is 4.88 Å². The van der Waals surface area contributed by atoms with Gasteiger partial charge in [-0.3, -0.25) is 14.4 Å². The molecule has 2 aromatic rings. The molecule has 24 heavy (non-hydrogen) atoms. The van der Waals surface area contributed by atoms with Crippen molar-refractivity contribution in [2.75, 3.05) is 16.8 Å². The Kier molecular flexibility index (Phi) is 4.19. The molecule has 2 heterocycles. The van der Waals surface area contributed by atoms with Crippen molar-refractivity contribution in [1.82, 2.24) is 4.98 Å². The third-order valence-electron chi connectivity index (χ3n) is 3.98. The van der Waals surface area contributed by atoms with Crippen LogP contribution in [0.2, 0.25) is 0 Å². The zero-order valence-corrected chi connectivity index (χ0v) is 14.4. The summed E-state index contributed by atoms with van der Waals surface area (Å²) in [5.74, 6) is -1.76. The molecule has 7 heteroatoms. The van der Waals surface area contributed by atoms with Crippen molar-refractivity contribution in [2.45, 2.75) is 26.7 Å². The highest BCUT2D eigenvalue weighted by Crippen LogP contribution is 2.38. The van der Waals surface area contributed by atoms with E-state index in [1.165, 1.54) is 18.3 Å². The van der Waals surface area contributed by atoms with Crippen molar-refractivity contribution in [3.63, 3.8) is 0 Å². The fourth-order valence-electron chi connectivity index (χ4n) is 2.83. The Morgan fingerprint density at radius 2 is 2.12 bits per heavy atom. The number of thiazole rings is 1. The first-order chi connectivity index (χ1) is 11.4. The van der Waals surface area contributed by atoms with E-state index in [4.69, 9.17) is 0 Å². The molecule has 0 bridgehead atoms. The minimum Gasteiger partial charge on any atom is -0.311 e. The number of ketones is 1. The molecule has 1 atom stereocenters. The first-order valence-corrected chi connectivity index (χ1v) is 8.43. The van der Waals surface area contributed by atoms with Gasteiger partial charge in [0.15, 0.2) is 10.9 Å². The molecule has 1 N–H and O–H groups in total. The second kappa shape index (κ2) is 6.16. The second-order valence-electron chi connectivity index (χ2n) is 5.61. The van der Waals surface area contributed by atoms with Gasteiger partial charge in [0, 0.05) is 28.9 Å². The molecule has 1 aliphatic rings. The number of Topliss-reactive ketones (excluding diaryl/α,β-unsaturated/α-hetero) is 1. The number of aryl methyl sites for hydroxylation is 1. The molecule has 0 fully saturated rings. The number of hydrogen-bond acceptors (Lipinski definition) is 5. The number of hydrogen-bond donors (Lipinski definition) is 1. The van der Waals surface area contributed by atoms with Gasteiger partial charge in [-0.05, 0) is 44.5 Å². The zero-order valence-electron chi connectivity index (χ0n) is 13.6. The van der Waals surface area contributed by atoms with E-state index in [1.807, 2.05) is 13.8 Å². The number of likely N-dealkylation sites (N-methyl/N-ethyl adjacent to an activating group) is 1. The summed E-state index contributed by atoms with van der Waals surface area (Å²) in [6.07, 6.45) is 1.66. The SMILES string of the molecule is CCN1C(=O)C(C(=O)Nc2ncc(C)s2)c2cc(C(C)=O)ccc21. The molecule has 1 unspecified atom stereocenters. The van der Waals surface area contributed by atoms with E-state index in [0.29, 0.717) is 28.5 Å². The fraction of sp³-hybridized carbons (Fsp3) is 0.294. The van der Waals surface area contributed by atoms with Crippen LogP contribution in [0.15, 0.2) is 24.4 Å². The number of carbonyl (C=O) groups excluding carboxylic acids is 3. The topological polar surface area (TPSA) is 79.4 Å². The van der Waals surface area contributed by atoms with Gasteiger partial charge in [-0.15, -0.1) is 11.3 Å². The van der Waals surface area contributed by atoms with Crippen molar-refractivity contribution in [3.05, 3.63) is 40.4 Å². The van der Waals surface area contributed by atoms with Crippen LogP contribution < -0.4 is 10.2 Å². The number of nitrogens with zero attached hydrogens (tertiary/aromatic N) is 2. The predicted octanol–water partition coefficient (Wildman–Crippen LogP) is 2.74. The molecular formula is C17H17N3O3S. The molecule has 1 aromatic heterocycles. The van der Waals surface area contributed by atoms with Gasteiger partial charge in [-0.25, -0.2) is 4.98 Å². The molecule has 0 saturated carbocycles. The second-order valence-corrected chi connectivity index (χ2v) is 6.85. The quantitative estimate of drug-likeness (QED) is 0.684. The molecule has 0 spiro atoms. The van der Waals surface area contributed by atoms with Gasteiger partial charge >= 0.3 is 0 Å². The van der Waals surface area contributed by atoms with Gasteiger partial charge < -0.3 is 10.2 Å². The number of rotatable bonds is 4. The van der Waals surface area contributed by atoms with Crippen molar-refractivity contribution < 1.29 is 14.4 Å². The first-order valence-electron chi connectivity index (χ1n) is 7.62. The molecule has 1 aliphatic heterocycles. The largest absolute Gasteiger partial charge is 0.311 e. The molecule has 6 nitrogen and oxygen atoms in total. The van der Waals surface area contributed by atoms with Crippen LogP contribution in [0.4, 0.5) is 10.8 Å². The van der Waals surface area contributed by atoms with Crippen molar-refractivity contribution in [3.8, 4) is 0 Å². The lowest BCUT2D eigenvalue weighted by Crippen LogP contribution is -2.33. The lowest BCUT2D eigenvalue weighted by Gasteiger charge is -2.14. The number of anilines is 2. The summed E-state index contributed by atoms with van der Waals surface area (Å²) < 4.78 is 0. The monoisotopic (exact) mass is 343 g/mol. The van der Waals surface area contributed by atoms with E-state index in [-0.39, 0.29) is 11.7 Å². The fourth-order valence-corrected chi connectivity index (χ4v) is 3.50. The number of benzene rings is 1. The predicted molar refractivity (Wildman–Crippen MR) is 92.7 cm³/mol. The molecule has 0 saturated heterocycles. The van der Waals surface area contributed by atoms with Crippen molar-refractivity contribution >= 4 is 39.8 Å². The van der Waals surface area contributed by atoms with Crippen LogP contribution in [0.5, 0.6) is 0 Å². The average molecular weight is 343 g/mol. The molecule has 0 aliphatic carbocycles. The number of nitrogens with one attached hydrogen (secondary N) is 1. The number of amides is 2. The lowest BCUT2D eigenvalue weighted by molar-refractivity contribution is -0.126. The van der Waals surface area contributed by atoms with Crippen LogP contribution >= 0.6 is 11.3 Å². The van der Waals surface area contributed by atoms with Crippen molar-refractivity contribution in [2.24, 2.45) is 0 Å². The molecule has 1 aromatic carbocycles. The zero-order chi connectivity index (χ0) is 17.4. The third kappa shape index (κ3) is 2.71. The Hall–Kier alpha value is -2.54. The van der Waals surface area contributed by atoms with Gasteiger partial charge in [0.25, 0.3) is 0 Å². The van der Waals surface area contributed by atoms with Crippen LogP contribution in [-0.4, -0.2) is 29.1 Å². The van der Waals surface area contributed by atoms with E-state index < -0.39 is 11.8 Å². The summed E-state index contributed by atoms with van der Waals surface area (Å²) in [7, 11) is 0. The summed E-state index contributed by atoms with van der Waals surface area (Å²) in [5, 5.41) is 3.17. The Bertz CT molecular complexity index is 843. The van der Waals surface area contributed by atoms with E-state index in [9.17, 15) is 14.4 Å². The molecule has 3 rings (SSSR count). The maximum Gasteiger partial charge on any atom is 0.244 e. The highest BCUT2D eigenvalue weighted by Gasteiger charge is 2.41. The van der Waals surface area contributed by atoms with Crippen LogP contribution in [0.1, 0.15) is 40.6 Å². The van der Waals surface area contributed by atoms with Crippen molar-refractivity contribution in [1.29, 1.82) is 0 Å². The summed E-state index contributed by atoms with van der Waals surface area (Å²) in [6, 6.07) is 5.05. The normalized spacial score (nSPS) is 16.2. The Morgan fingerprint density at radius 1 is 1.38 bits per heavy atom. The van der Waals surface area contributed by atoms with Crippen LogP contribution in [0.25, 0.3) is 0 Å². The smallest absolute Gasteiger partial charge is 0.244 e. The highest BCUT2D eigenvalue weighted by atomic mass is 32.1. The van der Waals surface area contributed by atoms with E-state index in [1.54, 1.807) is 29.3 Å². The summed E-state index contributed by atoms with van der Waals surface area (Å²) in [5.41, 5.74) is 1.74. The van der Waals surface area contributed by atoms with Crippen LogP contribution in [-0.2, 0) is 9.59 Å². The Morgan fingerprint density at radius 3 is 2.71 bits per heavy atom. The maximum absolute atomic E-state index is 12.7. The highest BCUT2D eigenvalue weighted by molar-refractivity contribution is 7.15. The molecule has 0 radical (unpaired) electrons. The van der Waals surface area contributed by atoms with Gasteiger partial charge in [-0.2, -0.15) is 0 Å². The maximum atomic E-state index is 12.7. The summed E-state index contributed by atoms with van der Waals surface area (Å²) >= 11 is 1.35. The Labute approximate surface area is 143 Å². The van der Waals surface area contributed by atoms with Gasteiger partial charge in [-0.1, -0.05) is 0 Å². The summed E-state index contributed by atoms with van der Waals surface area (Å²) in [4.78, 5) is 43.6. The number of fused-ring (bicyclic) bond motifs is 1. The molecular weight excluding hydrogens is 326 g/mol. The van der Waals surface area contributed by atoms with Crippen LogP contribution in [0, 0.1) is 6.92 Å². The lowest BCUT2D eigenvalue weighted by atomic mass is 9.97. The summed E-state index contributed by atoms with van der Waals surface area (Å²) in [6.45, 7) is 5.67. The number of carbonyl (C=O) groups is 3. The molecule has 2 amide bonds. The third-order valence-corrected chi connectivity index (χ3v) is 4.81. The Balaban J connectivity index is 1.98. The minimum atomic E-state index is -0.955. The minimum absolute atomic E-state index is 0.102.